The lowest BCUT2D eigenvalue weighted by Crippen LogP contribution is -2.43. The van der Waals surface area contributed by atoms with E-state index in [0.717, 1.165) is 81.5 Å². The molecule has 6 rings (SSSR count). The minimum atomic E-state index is -0.655. The molecule has 0 aliphatic carbocycles. The highest BCUT2D eigenvalue weighted by molar-refractivity contribution is 6.05. The first-order valence-corrected chi connectivity index (χ1v) is 18.8. The van der Waals surface area contributed by atoms with Gasteiger partial charge in [0.25, 0.3) is 5.91 Å². The average molecular weight is 717 g/mol. The second kappa shape index (κ2) is 15.4. The summed E-state index contributed by atoms with van der Waals surface area (Å²) in [5.74, 6) is 0.555. The summed E-state index contributed by atoms with van der Waals surface area (Å²) in [4.78, 5) is 50.1. The van der Waals surface area contributed by atoms with Crippen LogP contribution in [0.3, 0.4) is 0 Å². The zero-order valence-corrected chi connectivity index (χ0v) is 31.9. The first-order valence-electron chi connectivity index (χ1n) is 18.8. The van der Waals surface area contributed by atoms with Crippen molar-refractivity contribution in [3.05, 3.63) is 53.9 Å². The summed E-state index contributed by atoms with van der Waals surface area (Å²) in [6.45, 7) is 16.1. The predicted octanol–water partition coefficient (Wildman–Crippen LogP) is 7.47. The Morgan fingerprint density at radius 1 is 0.827 bits per heavy atom. The van der Waals surface area contributed by atoms with E-state index in [9.17, 15) is 14.4 Å². The standard InChI is InChI=1S/C40H56N6O6/c1-39(2,3)51-37(48)45-19-14-27(15-20-45)26-50-31-16-21-44(22-17-31)30-12-10-28(11-13-30)36(47)42-35-24-33-29(25-41-35)23-34(32-9-8-18-43(32)7)46(33)38(49)52-40(4,5)6/h10-13,23-25,27,31-32H,8-9,14-22,26H2,1-7H3,(H,41,42,47)/t32-/m1/s1. The van der Waals surface area contributed by atoms with Crippen LogP contribution in [0.15, 0.2) is 42.6 Å². The van der Waals surface area contributed by atoms with Gasteiger partial charge in [0.15, 0.2) is 0 Å². The van der Waals surface area contributed by atoms with Gasteiger partial charge in [0.05, 0.1) is 17.7 Å². The number of aromatic nitrogens is 2. The zero-order chi connectivity index (χ0) is 37.2. The molecule has 0 spiro atoms. The number of carbonyl (C=O) groups excluding carboxylic acids is 3. The Hall–Kier alpha value is -4.16. The number of rotatable bonds is 7. The summed E-state index contributed by atoms with van der Waals surface area (Å²) in [5.41, 5.74) is 1.99. The van der Waals surface area contributed by atoms with Crippen molar-refractivity contribution in [1.29, 1.82) is 0 Å². The monoisotopic (exact) mass is 716 g/mol. The molecule has 0 bridgehead atoms. The van der Waals surface area contributed by atoms with E-state index >= 15 is 0 Å². The fraction of sp³-hybridized carbons (Fsp3) is 0.600. The van der Waals surface area contributed by atoms with Crippen molar-refractivity contribution in [3.8, 4) is 0 Å². The molecule has 1 aromatic carbocycles. The molecule has 0 unspecified atom stereocenters. The van der Waals surface area contributed by atoms with Crippen LogP contribution in [-0.4, -0.2) is 101 Å². The lowest BCUT2D eigenvalue weighted by molar-refractivity contribution is -0.00836. The van der Waals surface area contributed by atoms with Gasteiger partial charge in [-0.3, -0.25) is 9.69 Å². The largest absolute Gasteiger partial charge is 0.444 e. The van der Waals surface area contributed by atoms with Crippen LogP contribution in [0.4, 0.5) is 21.1 Å². The second-order valence-corrected chi connectivity index (χ2v) is 16.6. The molecule has 1 N–H and O–H groups in total. The van der Waals surface area contributed by atoms with Gasteiger partial charge in [-0.05, 0) is 130 Å². The highest BCUT2D eigenvalue weighted by Crippen LogP contribution is 2.35. The van der Waals surface area contributed by atoms with Crippen LogP contribution in [0.2, 0.25) is 0 Å². The van der Waals surface area contributed by atoms with Crippen LogP contribution in [0, 0.1) is 5.92 Å². The molecule has 1 atom stereocenters. The fourth-order valence-electron chi connectivity index (χ4n) is 7.41. The van der Waals surface area contributed by atoms with Gasteiger partial charge in [-0.2, -0.15) is 0 Å². The molecule has 52 heavy (non-hydrogen) atoms. The smallest absolute Gasteiger partial charge is 0.419 e. The maximum atomic E-state index is 13.5. The third kappa shape index (κ3) is 9.25. The van der Waals surface area contributed by atoms with Gasteiger partial charge in [-0.25, -0.2) is 19.1 Å². The molecular weight excluding hydrogens is 660 g/mol. The van der Waals surface area contributed by atoms with Gasteiger partial charge in [0.1, 0.15) is 17.0 Å². The Bertz CT molecular complexity index is 1730. The minimum Gasteiger partial charge on any atom is -0.444 e. The van der Waals surface area contributed by atoms with Gasteiger partial charge < -0.3 is 29.3 Å². The third-order valence-corrected chi connectivity index (χ3v) is 10.2. The number of likely N-dealkylation sites (tertiary alicyclic amines) is 2. The van der Waals surface area contributed by atoms with Crippen LogP contribution in [0.5, 0.6) is 0 Å². The molecule has 282 valence electrons. The number of anilines is 2. The summed E-state index contributed by atoms with van der Waals surface area (Å²) in [7, 11) is 2.07. The number of fused-ring (bicyclic) bond motifs is 1. The normalized spacial score (nSPS) is 19.6. The number of carbonyl (C=O) groups is 3. The first-order chi connectivity index (χ1) is 24.6. The third-order valence-electron chi connectivity index (χ3n) is 10.2. The Morgan fingerprint density at radius 3 is 2.10 bits per heavy atom. The van der Waals surface area contributed by atoms with Gasteiger partial charge in [0, 0.05) is 67.4 Å². The van der Waals surface area contributed by atoms with E-state index in [1.54, 1.807) is 16.8 Å². The van der Waals surface area contributed by atoms with Gasteiger partial charge in [0.2, 0.25) is 0 Å². The van der Waals surface area contributed by atoms with E-state index < -0.39 is 17.3 Å². The molecule has 3 aromatic rings. The van der Waals surface area contributed by atoms with Crippen molar-refractivity contribution in [3.63, 3.8) is 0 Å². The number of nitrogens with zero attached hydrogens (tertiary/aromatic N) is 5. The minimum absolute atomic E-state index is 0.0943. The molecule has 0 radical (unpaired) electrons. The number of ether oxygens (including phenoxy) is 3. The number of pyridine rings is 1. The molecule has 2 aromatic heterocycles. The molecular formula is C40H56N6O6. The van der Waals surface area contributed by atoms with E-state index in [4.69, 9.17) is 14.2 Å². The van der Waals surface area contributed by atoms with Crippen molar-refractivity contribution in [2.45, 2.75) is 103 Å². The highest BCUT2D eigenvalue weighted by atomic mass is 16.6. The van der Waals surface area contributed by atoms with Gasteiger partial charge >= 0.3 is 12.2 Å². The zero-order valence-electron chi connectivity index (χ0n) is 31.9. The lowest BCUT2D eigenvalue weighted by atomic mass is 9.97. The van der Waals surface area contributed by atoms with E-state index in [1.165, 1.54) is 0 Å². The summed E-state index contributed by atoms with van der Waals surface area (Å²) < 4.78 is 19.3. The van der Waals surface area contributed by atoms with E-state index in [-0.39, 0.29) is 24.1 Å². The Labute approximate surface area is 307 Å². The molecule has 12 heteroatoms. The maximum absolute atomic E-state index is 13.5. The topological polar surface area (TPSA) is 118 Å². The fourth-order valence-corrected chi connectivity index (χ4v) is 7.41. The molecule has 5 heterocycles. The maximum Gasteiger partial charge on any atom is 0.419 e. The number of benzene rings is 1. The van der Waals surface area contributed by atoms with Crippen LogP contribution < -0.4 is 10.2 Å². The number of amides is 2. The van der Waals surface area contributed by atoms with Crippen molar-refractivity contribution >= 4 is 40.5 Å². The molecule has 3 aliphatic heterocycles. The van der Waals surface area contributed by atoms with E-state index in [2.05, 4.69) is 27.1 Å². The lowest BCUT2D eigenvalue weighted by Gasteiger charge is -2.36. The molecule has 12 nitrogen and oxygen atoms in total. The Balaban J connectivity index is 1.01. The summed E-state index contributed by atoms with van der Waals surface area (Å²) in [6, 6.07) is 11.5. The number of hydrogen-bond donors (Lipinski definition) is 1. The van der Waals surface area contributed by atoms with Crippen molar-refractivity contribution in [2.24, 2.45) is 5.92 Å². The second-order valence-electron chi connectivity index (χ2n) is 16.6. The predicted molar refractivity (Wildman–Crippen MR) is 202 cm³/mol. The number of nitrogens with one attached hydrogen (secondary N) is 1. The first kappa shape index (κ1) is 37.6. The average Bonchev–Trinajstić information content (AvgIpc) is 3.69. The van der Waals surface area contributed by atoms with Crippen LogP contribution in [0.25, 0.3) is 10.9 Å². The summed E-state index contributed by atoms with van der Waals surface area (Å²) >= 11 is 0. The SMILES string of the molecule is CN1CCC[C@@H]1c1cc2cnc(NC(=O)c3ccc(N4CCC(OCC5CCN(C(=O)OC(C)(C)C)CC5)CC4)cc3)cc2n1C(=O)OC(C)(C)C. The van der Waals surface area contributed by atoms with Crippen LogP contribution >= 0.6 is 0 Å². The van der Waals surface area contributed by atoms with Crippen molar-refractivity contribution < 1.29 is 28.6 Å². The van der Waals surface area contributed by atoms with Crippen LogP contribution in [-0.2, 0) is 14.2 Å². The molecule has 3 saturated heterocycles. The van der Waals surface area contributed by atoms with E-state index in [1.807, 2.05) is 76.8 Å². The molecule has 3 aliphatic rings. The van der Waals surface area contributed by atoms with Gasteiger partial charge in [-0.15, -0.1) is 0 Å². The number of piperidine rings is 2. The van der Waals surface area contributed by atoms with Crippen molar-refractivity contribution in [1.82, 2.24) is 19.4 Å². The Kier molecular flexibility index (Phi) is 11.2. The highest BCUT2D eigenvalue weighted by Gasteiger charge is 2.31. The quantitative estimate of drug-likeness (QED) is 0.266. The Morgan fingerprint density at radius 2 is 1.48 bits per heavy atom. The molecule has 2 amide bonds. The molecule has 0 saturated carbocycles. The van der Waals surface area contributed by atoms with Crippen molar-refractivity contribution in [2.75, 3.05) is 56.6 Å². The summed E-state index contributed by atoms with van der Waals surface area (Å²) in [5, 5.41) is 3.75. The van der Waals surface area contributed by atoms with E-state index in [0.29, 0.717) is 35.9 Å². The van der Waals surface area contributed by atoms with Crippen LogP contribution in [0.1, 0.15) is 102 Å². The van der Waals surface area contributed by atoms with Gasteiger partial charge in [-0.1, -0.05) is 0 Å². The summed E-state index contributed by atoms with van der Waals surface area (Å²) in [6.07, 6.45) is 7.02. The number of hydrogen-bond acceptors (Lipinski definition) is 9. The molecule has 3 fully saturated rings.